The van der Waals surface area contributed by atoms with Crippen molar-refractivity contribution < 1.29 is 22.7 Å². The molecule has 0 bridgehead atoms. The molecule has 2 heterocycles. The average molecular weight is 274 g/mol. The summed E-state index contributed by atoms with van der Waals surface area (Å²) in [7, 11) is 0. The second kappa shape index (κ2) is 5.16. The lowest BCUT2D eigenvalue weighted by molar-refractivity contribution is -0.141. The number of nitrogens with zero attached hydrogens (tertiary/aromatic N) is 2. The summed E-state index contributed by atoms with van der Waals surface area (Å²) in [6, 6.07) is 2.02. The third-order valence-electron chi connectivity index (χ3n) is 2.90. The van der Waals surface area contributed by atoms with Crippen LogP contribution in [0.2, 0.25) is 0 Å². The highest BCUT2D eigenvalue weighted by molar-refractivity contribution is 5.95. The summed E-state index contributed by atoms with van der Waals surface area (Å²) in [6.07, 6.45) is -4.49. The molecule has 0 saturated carbocycles. The quantitative estimate of drug-likeness (QED) is 0.785. The molecule has 0 aliphatic carbocycles. The molecule has 1 aliphatic heterocycles. The zero-order chi connectivity index (χ0) is 14.0. The molecule has 1 fully saturated rings. The lowest BCUT2D eigenvalue weighted by Crippen LogP contribution is -2.41. The van der Waals surface area contributed by atoms with Crippen LogP contribution in [0, 0.1) is 6.92 Å². The first-order valence-electron chi connectivity index (χ1n) is 5.81. The number of aromatic nitrogens is 1. The molecule has 0 aromatic carbocycles. The van der Waals surface area contributed by atoms with Crippen molar-refractivity contribution >= 4 is 5.91 Å². The van der Waals surface area contributed by atoms with Crippen LogP contribution in [0.1, 0.15) is 21.7 Å². The van der Waals surface area contributed by atoms with Gasteiger partial charge in [0.2, 0.25) is 0 Å². The Morgan fingerprint density at radius 3 is 2.47 bits per heavy atom. The molecule has 19 heavy (non-hydrogen) atoms. The minimum Gasteiger partial charge on any atom is -0.378 e. The van der Waals surface area contributed by atoms with E-state index in [1.807, 2.05) is 0 Å². The van der Waals surface area contributed by atoms with Crippen molar-refractivity contribution in [3.05, 3.63) is 29.1 Å². The third-order valence-corrected chi connectivity index (χ3v) is 2.90. The molecule has 1 amide bonds. The van der Waals surface area contributed by atoms with E-state index in [0.717, 1.165) is 6.07 Å². The standard InChI is InChI=1S/C12H13F3N2O2/c1-8-9(2-3-10(16-8)12(13,14)15)11(18)17-4-6-19-7-5-17/h2-3H,4-7H2,1H3. The van der Waals surface area contributed by atoms with Crippen LogP contribution in [0.25, 0.3) is 0 Å². The van der Waals surface area contributed by atoms with Gasteiger partial charge in [-0.3, -0.25) is 4.79 Å². The highest BCUT2D eigenvalue weighted by Crippen LogP contribution is 2.28. The summed E-state index contributed by atoms with van der Waals surface area (Å²) < 4.78 is 42.6. The van der Waals surface area contributed by atoms with Gasteiger partial charge in [0.25, 0.3) is 5.91 Å². The van der Waals surface area contributed by atoms with E-state index in [4.69, 9.17) is 4.74 Å². The predicted octanol–water partition coefficient (Wildman–Crippen LogP) is 1.88. The molecule has 0 atom stereocenters. The fraction of sp³-hybridized carbons (Fsp3) is 0.500. The number of carbonyl (C=O) groups is 1. The predicted molar refractivity (Wildman–Crippen MR) is 60.7 cm³/mol. The van der Waals surface area contributed by atoms with E-state index in [0.29, 0.717) is 26.3 Å². The van der Waals surface area contributed by atoms with Crippen molar-refractivity contribution in [1.82, 2.24) is 9.88 Å². The number of pyridine rings is 1. The summed E-state index contributed by atoms with van der Waals surface area (Å²) in [5.74, 6) is -0.304. The first-order valence-corrected chi connectivity index (χ1v) is 5.81. The van der Waals surface area contributed by atoms with Gasteiger partial charge in [-0.05, 0) is 19.1 Å². The number of hydrogen-bond acceptors (Lipinski definition) is 3. The molecule has 104 valence electrons. The summed E-state index contributed by atoms with van der Waals surface area (Å²) in [4.78, 5) is 17.1. The molecular weight excluding hydrogens is 261 g/mol. The molecule has 0 N–H and O–H groups in total. The van der Waals surface area contributed by atoms with Crippen molar-refractivity contribution in [2.24, 2.45) is 0 Å². The van der Waals surface area contributed by atoms with Crippen LogP contribution in [-0.2, 0) is 10.9 Å². The monoisotopic (exact) mass is 274 g/mol. The van der Waals surface area contributed by atoms with Gasteiger partial charge in [0.15, 0.2) is 0 Å². The third kappa shape index (κ3) is 3.04. The van der Waals surface area contributed by atoms with Crippen LogP contribution in [0.5, 0.6) is 0 Å². The Morgan fingerprint density at radius 2 is 1.95 bits per heavy atom. The van der Waals surface area contributed by atoms with E-state index in [-0.39, 0.29) is 17.2 Å². The lowest BCUT2D eigenvalue weighted by atomic mass is 10.1. The molecule has 4 nitrogen and oxygen atoms in total. The zero-order valence-corrected chi connectivity index (χ0v) is 10.3. The molecule has 0 radical (unpaired) electrons. The van der Waals surface area contributed by atoms with Gasteiger partial charge in [-0.15, -0.1) is 0 Å². The number of aryl methyl sites for hydroxylation is 1. The summed E-state index contributed by atoms with van der Waals surface area (Å²) in [5.41, 5.74) is -0.690. The molecule has 0 unspecified atom stereocenters. The number of alkyl halides is 3. The Hall–Kier alpha value is -1.63. The van der Waals surface area contributed by atoms with Crippen LogP contribution < -0.4 is 0 Å². The van der Waals surface area contributed by atoms with Gasteiger partial charge in [-0.1, -0.05) is 0 Å². The fourth-order valence-electron chi connectivity index (χ4n) is 1.88. The van der Waals surface area contributed by atoms with Gasteiger partial charge in [-0.25, -0.2) is 4.98 Å². The number of carbonyl (C=O) groups excluding carboxylic acids is 1. The van der Waals surface area contributed by atoms with Crippen LogP contribution in [-0.4, -0.2) is 42.1 Å². The lowest BCUT2D eigenvalue weighted by Gasteiger charge is -2.27. The average Bonchev–Trinajstić information content (AvgIpc) is 2.38. The molecule has 1 saturated heterocycles. The topological polar surface area (TPSA) is 42.4 Å². The smallest absolute Gasteiger partial charge is 0.378 e. The second-order valence-electron chi connectivity index (χ2n) is 4.23. The maximum absolute atomic E-state index is 12.5. The van der Waals surface area contributed by atoms with Crippen molar-refractivity contribution in [3.8, 4) is 0 Å². The van der Waals surface area contributed by atoms with E-state index >= 15 is 0 Å². The van der Waals surface area contributed by atoms with E-state index in [2.05, 4.69) is 4.98 Å². The van der Waals surface area contributed by atoms with Gasteiger partial charge < -0.3 is 9.64 Å². The number of amides is 1. The van der Waals surface area contributed by atoms with Crippen LogP contribution in [0.3, 0.4) is 0 Å². The van der Waals surface area contributed by atoms with Gasteiger partial charge in [0, 0.05) is 13.1 Å². The number of morpholine rings is 1. The van der Waals surface area contributed by atoms with E-state index < -0.39 is 11.9 Å². The second-order valence-corrected chi connectivity index (χ2v) is 4.23. The highest BCUT2D eigenvalue weighted by atomic mass is 19.4. The summed E-state index contributed by atoms with van der Waals surface area (Å²) in [6.45, 7) is 3.18. The minimum atomic E-state index is -4.49. The molecular formula is C12H13F3N2O2. The van der Waals surface area contributed by atoms with Gasteiger partial charge in [-0.2, -0.15) is 13.2 Å². The molecule has 2 rings (SSSR count). The molecule has 0 spiro atoms. The maximum atomic E-state index is 12.5. The molecule has 1 aliphatic rings. The van der Waals surface area contributed by atoms with Gasteiger partial charge >= 0.3 is 6.18 Å². The first kappa shape index (κ1) is 13.8. The number of ether oxygens (including phenoxy) is 1. The maximum Gasteiger partial charge on any atom is 0.433 e. The SMILES string of the molecule is Cc1nc(C(F)(F)F)ccc1C(=O)N1CCOCC1. The van der Waals surface area contributed by atoms with E-state index in [1.165, 1.54) is 13.0 Å². The number of hydrogen-bond donors (Lipinski definition) is 0. The van der Waals surface area contributed by atoms with Gasteiger partial charge in [0.05, 0.1) is 24.5 Å². The summed E-state index contributed by atoms with van der Waals surface area (Å²) >= 11 is 0. The van der Waals surface area contributed by atoms with Crippen molar-refractivity contribution in [2.75, 3.05) is 26.3 Å². The number of rotatable bonds is 1. The van der Waals surface area contributed by atoms with Crippen molar-refractivity contribution in [1.29, 1.82) is 0 Å². The van der Waals surface area contributed by atoms with E-state index in [9.17, 15) is 18.0 Å². The largest absolute Gasteiger partial charge is 0.433 e. The molecule has 1 aromatic rings. The van der Waals surface area contributed by atoms with Crippen LogP contribution in [0.15, 0.2) is 12.1 Å². The van der Waals surface area contributed by atoms with E-state index in [1.54, 1.807) is 4.90 Å². The van der Waals surface area contributed by atoms with Crippen LogP contribution in [0.4, 0.5) is 13.2 Å². The Morgan fingerprint density at radius 1 is 1.32 bits per heavy atom. The minimum absolute atomic E-state index is 0.0892. The fourth-order valence-corrected chi connectivity index (χ4v) is 1.88. The Bertz CT molecular complexity index is 482. The van der Waals surface area contributed by atoms with Crippen molar-refractivity contribution in [2.45, 2.75) is 13.1 Å². The Labute approximate surface area is 108 Å². The van der Waals surface area contributed by atoms with Gasteiger partial charge in [0.1, 0.15) is 5.69 Å². The molecule has 7 heteroatoms. The zero-order valence-electron chi connectivity index (χ0n) is 10.3. The number of halogens is 3. The normalized spacial score (nSPS) is 16.5. The Kier molecular flexibility index (Phi) is 3.75. The van der Waals surface area contributed by atoms with Crippen molar-refractivity contribution in [3.63, 3.8) is 0 Å². The molecule has 1 aromatic heterocycles. The highest BCUT2D eigenvalue weighted by Gasteiger charge is 2.33. The Balaban J connectivity index is 2.23. The first-order chi connectivity index (χ1) is 8.89. The van der Waals surface area contributed by atoms with Crippen LogP contribution >= 0.6 is 0 Å². The summed E-state index contributed by atoms with van der Waals surface area (Å²) in [5, 5.41) is 0.